The van der Waals surface area contributed by atoms with Gasteiger partial charge in [-0.15, -0.1) is 0 Å². The fourth-order valence-electron chi connectivity index (χ4n) is 1.39. The molecule has 0 aliphatic carbocycles. The molecule has 0 aliphatic rings. The van der Waals surface area contributed by atoms with E-state index in [-0.39, 0.29) is 0 Å². The molecule has 2 nitrogen and oxygen atoms in total. The Balaban J connectivity index is 3.51. The summed E-state index contributed by atoms with van der Waals surface area (Å²) < 4.78 is 5.75. The third-order valence-corrected chi connectivity index (χ3v) is 3.43. The normalized spacial score (nSPS) is 13.1. The summed E-state index contributed by atoms with van der Waals surface area (Å²) in [6.07, 6.45) is 7.62. The minimum atomic E-state index is -0.783. The summed E-state index contributed by atoms with van der Waals surface area (Å²) >= 11 is 0. The van der Waals surface area contributed by atoms with E-state index in [0.29, 0.717) is 0 Å². The molecule has 0 heterocycles. The lowest BCUT2D eigenvalue weighted by Gasteiger charge is -2.37. The van der Waals surface area contributed by atoms with E-state index in [1.807, 2.05) is 13.8 Å². The third kappa shape index (κ3) is 6.49. The maximum absolute atomic E-state index is 9.89. The zero-order valence-electron chi connectivity index (χ0n) is 11.8. The molecule has 2 heteroatoms. The van der Waals surface area contributed by atoms with Crippen LogP contribution < -0.4 is 0 Å². The molecule has 0 unspecified atom stereocenters. The largest absolute Gasteiger partial charge is 0.387 e. The third-order valence-electron chi connectivity index (χ3n) is 3.43. The molecule has 16 heavy (non-hydrogen) atoms. The van der Waals surface area contributed by atoms with E-state index in [1.54, 1.807) is 13.8 Å². The Labute approximate surface area is 101 Å². The Kier molecular flexibility index (Phi) is 7.25. The number of aliphatic hydroxyl groups is 1. The molecule has 0 aromatic carbocycles. The fraction of sp³-hybridized carbons (Fsp3) is 1.00. The van der Waals surface area contributed by atoms with Crippen LogP contribution in [0.4, 0.5) is 0 Å². The van der Waals surface area contributed by atoms with Crippen LogP contribution in [0.2, 0.25) is 0 Å². The van der Waals surface area contributed by atoms with E-state index < -0.39 is 11.2 Å². The summed E-state index contributed by atoms with van der Waals surface area (Å²) in [4.78, 5) is 0. The molecule has 0 aliphatic heterocycles. The highest BCUT2D eigenvalue weighted by Crippen LogP contribution is 2.25. The van der Waals surface area contributed by atoms with Crippen LogP contribution in [-0.2, 0) is 4.74 Å². The minimum absolute atomic E-state index is 0.462. The topological polar surface area (TPSA) is 29.5 Å². The van der Waals surface area contributed by atoms with Gasteiger partial charge in [0, 0.05) is 6.61 Å². The van der Waals surface area contributed by atoms with Crippen molar-refractivity contribution in [1.82, 2.24) is 0 Å². The van der Waals surface area contributed by atoms with Crippen molar-refractivity contribution in [2.75, 3.05) is 6.61 Å². The highest BCUT2D eigenvalue weighted by molar-refractivity contribution is 4.87. The Morgan fingerprint density at radius 2 is 1.38 bits per heavy atom. The zero-order chi connectivity index (χ0) is 12.7. The SMILES string of the molecule is CCCCCCCCOC(C)(C)C(C)(C)O. The first-order chi connectivity index (χ1) is 7.31. The number of rotatable bonds is 9. The average Bonchev–Trinajstić information content (AvgIpc) is 2.14. The van der Waals surface area contributed by atoms with Crippen molar-refractivity contribution in [2.45, 2.75) is 84.3 Å². The van der Waals surface area contributed by atoms with Gasteiger partial charge >= 0.3 is 0 Å². The van der Waals surface area contributed by atoms with E-state index in [9.17, 15) is 5.11 Å². The number of hydrogen-bond donors (Lipinski definition) is 1. The van der Waals surface area contributed by atoms with Crippen molar-refractivity contribution >= 4 is 0 Å². The van der Waals surface area contributed by atoms with Gasteiger partial charge in [-0.3, -0.25) is 0 Å². The molecule has 0 amide bonds. The minimum Gasteiger partial charge on any atom is -0.387 e. The number of unbranched alkanes of at least 4 members (excludes halogenated alkanes) is 5. The van der Waals surface area contributed by atoms with Gasteiger partial charge in [-0.25, -0.2) is 0 Å². The van der Waals surface area contributed by atoms with Gasteiger partial charge in [0.1, 0.15) is 0 Å². The molecule has 0 radical (unpaired) electrons. The predicted molar refractivity (Wildman–Crippen MR) is 69.7 cm³/mol. The van der Waals surface area contributed by atoms with Crippen molar-refractivity contribution in [3.8, 4) is 0 Å². The first-order valence-electron chi connectivity index (χ1n) is 6.67. The molecule has 0 saturated heterocycles. The molecular formula is C14H30O2. The van der Waals surface area contributed by atoms with Gasteiger partial charge in [0.2, 0.25) is 0 Å². The second-order valence-corrected chi connectivity index (χ2v) is 5.69. The van der Waals surface area contributed by atoms with Crippen LogP contribution in [0, 0.1) is 0 Å². The Morgan fingerprint density at radius 1 is 0.875 bits per heavy atom. The van der Waals surface area contributed by atoms with Gasteiger partial charge in [0.05, 0.1) is 11.2 Å². The number of hydrogen-bond acceptors (Lipinski definition) is 2. The molecule has 0 aromatic rings. The maximum Gasteiger partial charge on any atom is 0.0906 e. The first kappa shape index (κ1) is 15.9. The van der Waals surface area contributed by atoms with E-state index >= 15 is 0 Å². The molecule has 1 N–H and O–H groups in total. The fourth-order valence-corrected chi connectivity index (χ4v) is 1.39. The van der Waals surface area contributed by atoms with Crippen molar-refractivity contribution in [3.63, 3.8) is 0 Å². The maximum atomic E-state index is 9.89. The van der Waals surface area contributed by atoms with Crippen LogP contribution in [0.5, 0.6) is 0 Å². The van der Waals surface area contributed by atoms with Gasteiger partial charge < -0.3 is 9.84 Å². The highest BCUT2D eigenvalue weighted by atomic mass is 16.5. The summed E-state index contributed by atoms with van der Waals surface area (Å²) in [6.45, 7) is 10.5. The lowest BCUT2D eigenvalue weighted by molar-refractivity contribution is -0.147. The standard InChI is InChI=1S/C14H30O2/c1-6-7-8-9-10-11-12-16-14(4,5)13(2,3)15/h15H,6-12H2,1-5H3. The average molecular weight is 230 g/mol. The summed E-state index contributed by atoms with van der Waals surface area (Å²) in [7, 11) is 0. The van der Waals surface area contributed by atoms with Gasteiger partial charge in [-0.05, 0) is 34.1 Å². The van der Waals surface area contributed by atoms with Crippen LogP contribution in [-0.4, -0.2) is 22.9 Å². The summed E-state index contributed by atoms with van der Waals surface area (Å²) in [5, 5.41) is 9.89. The second-order valence-electron chi connectivity index (χ2n) is 5.69. The second kappa shape index (κ2) is 7.29. The van der Waals surface area contributed by atoms with E-state index in [4.69, 9.17) is 4.74 Å². The molecule has 0 saturated carbocycles. The molecule has 0 aromatic heterocycles. The van der Waals surface area contributed by atoms with Gasteiger partial charge in [-0.2, -0.15) is 0 Å². The molecule has 0 rings (SSSR count). The van der Waals surface area contributed by atoms with Crippen molar-refractivity contribution in [1.29, 1.82) is 0 Å². The van der Waals surface area contributed by atoms with Crippen LogP contribution in [0.3, 0.4) is 0 Å². The molecular weight excluding hydrogens is 200 g/mol. The quantitative estimate of drug-likeness (QED) is 0.608. The smallest absolute Gasteiger partial charge is 0.0906 e. The molecule has 0 spiro atoms. The van der Waals surface area contributed by atoms with Crippen molar-refractivity contribution < 1.29 is 9.84 Å². The Morgan fingerprint density at radius 3 is 1.88 bits per heavy atom. The summed E-state index contributed by atoms with van der Waals surface area (Å²) in [6, 6.07) is 0. The number of ether oxygens (including phenoxy) is 1. The predicted octanol–water partition coefficient (Wildman–Crippen LogP) is 3.91. The van der Waals surface area contributed by atoms with E-state index in [0.717, 1.165) is 13.0 Å². The molecule has 0 atom stereocenters. The van der Waals surface area contributed by atoms with Gasteiger partial charge in [0.15, 0.2) is 0 Å². The van der Waals surface area contributed by atoms with Crippen molar-refractivity contribution in [3.05, 3.63) is 0 Å². The van der Waals surface area contributed by atoms with Crippen molar-refractivity contribution in [2.24, 2.45) is 0 Å². The van der Waals surface area contributed by atoms with Crippen LogP contribution in [0.25, 0.3) is 0 Å². The van der Waals surface area contributed by atoms with E-state index in [2.05, 4.69) is 6.92 Å². The summed E-state index contributed by atoms with van der Waals surface area (Å²) in [5.74, 6) is 0. The van der Waals surface area contributed by atoms with E-state index in [1.165, 1.54) is 32.1 Å². The van der Waals surface area contributed by atoms with Crippen LogP contribution in [0.15, 0.2) is 0 Å². The monoisotopic (exact) mass is 230 g/mol. The summed E-state index contributed by atoms with van der Waals surface area (Å²) in [5.41, 5.74) is -1.24. The first-order valence-corrected chi connectivity index (χ1v) is 6.67. The molecule has 98 valence electrons. The lowest BCUT2D eigenvalue weighted by Crippen LogP contribution is -2.47. The highest BCUT2D eigenvalue weighted by Gasteiger charge is 2.35. The Hall–Kier alpha value is -0.0800. The zero-order valence-corrected chi connectivity index (χ0v) is 11.8. The van der Waals surface area contributed by atoms with Gasteiger partial charge in [0.25, 0.3) is 0 Å². The van der Waals surface area contributed by atoms with Crippen LogP contribution in [0.1, 0.15) is 73.1 Å². The van der Waals surface area contributed by atoms with Gasteiger partial charge in [-0.1, -0.05) is 39.0 Å². The van der Waals surface area contributed by atoms with Crippen LogP contribution >= 0.6 is 0 Å². The molecule has 0 fully saturated rings. The Bertz CT molecular complexity index is 168. The molecule has 0 bridgehead atoms. The lowest BCUT2D eigenvalue weighted by atomic mass is 9.89.